The van der Waals surface area contributed by atoms with E-state index >= 15 is 0 Å². The van der Waals surface area contributed by atoms with Gasteiger partial charge in [0.05, 0.1) is 5.02 Å². The Kier molecular flexibility index (Phi) is 5.81. The number of fused-ring (bicyclic) bond motifs is 1. The maximum Gasteiger partial charge on any atom is 0.293 e. The van der Waals surface area contributed by atoms with Gasteiger partial charge in [0.1, 0.15) is 17.1 Å². The number of aromatic nitrogens is 4. The van der Waals surface area contributed by atoms with Crippen molar-refractivity contribution in [1.29, 1.82) is 0 Å². The fourth-order valence-corrected chi connectivity index (χ4v) is 4.41. The van der Waals surface area contributed by atoms with E-state index in [0.717, 1.165) is 15.5 Å². The Balaban J connectivity index is 1.23. The molecule has 0 saturated carbocycles. The Labute approximate surface area is 206 Å². The van der Waals surface area contributed by atoms with Crippen LogP contribution in [0.15, 0.2) is 65.3 Å². The smallest absolute Gasteiger partial charge is 0.293 e. The molecule has 5 aromatic rings. The molecule has 33 heavy (non-hydrogen) atoms. The first kappa shape index (κ1) is 21.5. The van der Waals surface area contributed by atoms with E-state index in [1.165, 1.54) is 11.3 Å². The first-order valence-corrected chi connectivity index (χ1v) is 11.4. The molecule has 12 heteroatoms. The lowest BCUT2D eigenvalue weighted by Crippen LogP contribution is -2.33. The number of rotatable bonds is 4. The fraction of sp³-hybridized carbons (Fsp3) is 0. The summed E-state index contributed by atoms with van der Waals surface area (Å²) in [6.45, 7) is 0. The van der Waals surface area contributed by atoms with Crippen LogP contribution in [0, 0.1) is 0 Å². The summed E-state index contributed by atoms with van der Waals surface area (Å²) in [4.78, 5) is 13.2. The highest BCUT2D eigenvalue weighted by Crippen LogP contribution is 2.32. The van der Waals surface area contributed by atoms with Gasteiger partial charge in [-0.25, -0.2) is 0 Å². The average molecular weight is 515 g/mol. The highest BCUT2D eigenvalue weighted by Gasteiger charge is 2.16. The molecule has 0 aliphatic carbocycles. The average Bonchev–Trinajstić information content (AvgIpc) is 3.52. The molecule has 5 rings (SSSR count). The maximum absolute atomic E-state index is 12.5. The van der Waals surface area contributed by atoms with Crippen molar-refractivity contribution in [3.8, 4) is 21.9 Å². The molecule has 0 fully saturated rings. The number of hydrogen-bond donors (Lipinski definition) is 2. The molecule has 164 valence electrons. The van der Waals surface area contributed by atoms with E-state index in [1.807, 2.05) is 24.3 Å². The minimum atomic E-state index is -0.492. The lowest BCUT2D eigenvalue weighted by atomic mass is 10.2. The van der Waals surface area contributed by atoms with Gasteiger partial charge in [-0.15, -0.1) is 10.2 Å². The zero-order valence-electron chi connectivity index (χ0n) is 16.5. The second-order valence-electron chi connectivity index (χ2n) is 6.74. The van der Waals surface area contributed by atoms with Gasteiger partial charge in [0.2, 0.25) is 4.96 Å². The zero-order chi connectivity index (χ0) is 22.9. The molecule has 8 nitrogen and oxygen atoms in total. The third-order valence-electron chi connectivity index (χ3n) is 4.53. The molecule has 0 unspecified atom stereocenters. The summed E-state index contributed by atoms with van der Waals surface area (Å²) in [6, 6.07) is 15.7. The molecule has 2 N–H and O–H groups in total. The van der Waals surface area contributed by atoms with Gasteiger partial charge >= 0.3 is 0 Å². The number of nitrogens with zero attached hydrogens (tertiary/aromatic N) is 4. The molecular weight excluding hydrogens is 503 g/mol. The van der Waals surface area contributed by atoms with Crippen molar-refractivity contribution in [3.63, 3.8) is 0 Å². The number of furan rings is 1. The van der Waals surface area contributed by atoms with Gasteiger partial charge in [0.15, 0.2) is 10.9 Å². The standard InChI is InChI=1S/C21H12Cl2N6O2S2/c22-12-3-6-15(23)14(9-12)16-7-8-17(31-16)18(30)26-20(32)25-13-4-1-11(2-5-13)19-28-29-10-24-27-21(29)33-19/h1-10H,(H2,25,26,30,32). The topological polar surface area (TPSA) is 97.4 Å². The number of nitrogens with one attached hydrogen (secondary N) is 2. The van der Waals surface area contributed by atoms with Crippen LogP contribution in [0.4, 0.5) is 5.69 Å². The van der Waals surface area contributed by atoms with Crippen molar-refractivity contribution >= 4 is 68.4 Å². The third-order valence-corrected chi connectivity index (χ3v) is 6.26. The van der Waals surface area contributed by atoms with Gasteiger partial charge in [-0.05, 0) is 66.8 Å². The monoisotopic (exact) mass is 514 g/mol. The lowest BCUT2D eigenvalue weighted by Gasteiger charge is -2.09. The summed E-state index contributed by atoms with van der Waals surface area (Å²) in [5, 5.41) is 19.7. The van der Waals surface area contributed by atoms with E-state index in [2.05, 4.69) is 25.9 Å². The quantitative estimate of drug-likeness (QED) is 0.303. The molecule has 0 atom stereocenters. The molecule has 3 aromatic heterocycles. The predicted octanol–water partition coefficient (Wildman–Crippen LogP) is 5.55. The molecule has 0 saturated heterocycles. The van der Waals surface area contributed by atoms with Crippen LogP contribution in [-0.2, 0) is 0 Å². The van der Waals surface area contributed by atoms with Crippen LogP contribution in [0.2, 0.25) is 10.0 Å². The summed E-state index contributed by atoms with van der Waals surface area (Å²) < 4.78 is 7.26. The highest BCUT2D eigenvalue weighted by molar-refractivity contribution is 7.80. The summed E-state index contributed by atoms with van der Waals surface area (Å²) >= 11 is 18.9. The number of amides is 1. The first-order chi connectivity index (χ1) is 16.0. The number of hydrogen-bond acceptors (Lipinski definition) is 7. The van der Waals surface area contributed by atoms with Gasteiger partial charge in [-0.3, -0.25) is 10.1 Å². The van der Waals surface area contributed by atoms with Crippen molar-refractivity contribution in [2.45, 2.75) is 0 Å². The van der Waals surface area contributed by atoms with Crippen LogP contribution in [0.5, 0.6) is 0 Å². The number of benzene rings is 2. The predicted molar refractivity (Wildman–Crippen MR) is 132 cm³/mol. The van der Waals surface area contributed by atoms with Crippen molar-refractivity contribution < 1.29 is 9.21 Å². The zero-order valence-corrected chi connectivity index (χ0v) is 19.6. The van der Waals surface area contributed by atoms with E-state index < -0.39 is 5.91 Å². The molecule has 2 aromatic carbocycles. The largest absolute Gasteiger partial charge is 0.451 e. The third kappa shape index (κ3) is 4.60. The van der Waals surface area contributed by atoms with Crippen LogP contribution in [0.3, 0.4) is 0 Å². The normalized spacial score (nSPS) is 11.0. The van der Waals surface area contributed by atoms with Crippen molar-refractivity contribution in [1.82, 2.24) is 25.1 Å². The SMILES string of the molecule is O=C(NC(=S)Nc1ccc(-c2nn3cnnc3s2)cc1)c1ccc(-c2cc(Cl)ccc2Cl)o1. The molecular formula is C21H12Cl2N6O2S2. The summed E-state index contributed by atoms with van der Waals surface area (Å²) in [7, 11) is 0. The van der Waals surface area contributed by atoms with Crippen LogP contribution in [0.1, 0.15) is 10.6 Å². The summed E-state index contributed by atoms with van der Waals surface area (Å²) in [6.07, 6.45) is 1.55. The first-order valence-electron chi connectivity index (χ1n) is 9.41. The minimum absolute atomic E-state index is 0.0869. The molecule has 0 aliphatic heterocycles. The molecule has 1 amide bonds. The van der Waals surface area contributed by atoms with Crippen LogP contribution in [0.25, 0.3) is 26.9 Å². The van der Waals surface area contributed by atoms with E-state index in [0.29, 0.717) is 27.1 Å². The van der Waals surface area contributed by atoms with Crippen molar-refractivity contribution in [2.24, 2.45) is 0 Å². The van der Waals surface area contributed by atoms with E-state index in [1.54, 1.807) is 41.2 Å². The van der Waals surface area contributed by atoms with Crippen LogP contribution in [-0.4, -0.2) is 30.8 Å². The Hall–Kier alpha value is -3.31. The van der Waals surface area contributed by atoms with Gasteiger partial charge in [-0.2, -0.15) is 9.61 Å². The molecule has 0 bridgehead atoms. The Morgan fingerprint density at radius 2 is 1.91 bits per heavy atom. The second-order valence-corrected chi connectivity index (χ2v) is 8.95. The maximum atomic E-state index is 12.5. The van der Waals surface area contributed by atoms with E-state index in [4.69, 9.17) is 39.8 Å². The Bertz CT molecular complexity index is 1460. The number of carbonyl (C=O) groups is 1. The van der Waals surface area contributed by atoms with Crippen molar-refractivity contribution in [2.75, 3.05) is 5.32 Å². The van der Waals surface area contributed by atoms with Crippen LogP contribution >= 0.6 is 46.8 Å². The number of anilines is 1. The lowest BCUT2D eigenvalue weighted by molar-refractivity contribution is 0.0951. The molecule has 0 aliphatic rings. The van der Waals surface area contributed by atoms with Gasteiger partial charge in [0.25, 0.3) is 5.91 Å². The van der Waals surface area contributed by atoms with Gasteiger partial charge in [-0.1, -0.05) is 34.5 Å². The Morgan fingerprint density at radius 3 is 2.70 bits per heavy atom. The highest BCUT2D eigenvalue weighted by atomic mass is 35.5. The second kappa shape index (κ2) is 8.91. The van der Waals surface area contributed by atoms with Gasteiger partial charge < -0.3 is 9.73 Å². The molecule has 0 spiro atoms. The van der Waals surface area contributed by atoms with Crippen molar-refractivity contribution in [3.05, 3.63) is 76.7 Å². The van der Waals surface area contributed by atoms with Crippen LogP contribution < -0.4 is 10.6 Å². The number of carbonyl (C=O) groups excluding carboxylic acids is 1. The molecule has 0 radical (unpaired) electrons. The van der Waals surface area contributed by atoms with Gasteiger partial charge in [0, 0.05) is 21.8 Å². The van der Waals surface area contributed by atoms with E-state index in [-0.39, 0.29) is 10.9 Å². The summed E-state index contributed by atoms with van der Waals surface area (Å²) in [5.74, 6) is 0.0181. The Morgan fingerprint density at radius 1 is 1.09 bits per heavy atom. The minimum Gasteiger partial charge on any atom is -0.451 e. The number of thiocarbonyl (C=S) groups is 1. The summed E-state index contributed by atoms with van der Waals surface area (Å²) in [5.41, 5.74) is 2.22. The fourth-order valence-electron chi connectivity index (χ4n) is 2.99. The van der Waals surface area contributed by atoms with E-state index in [9.17, 15) is 4.79 Å². The number of halogens is 2. The molecule has 3 heterocycles.